The van der Waals surface area contributed by atoms with Crippen LogP contribution in [-0.4, -0.2) is 6.29 Å². The average Bonchev–Trinajstić information content (AvgIpc) is 2.01. The summed E-state index contributed by atoms with van der Waals surface area (Å²) in [5.41, 5.74) is 8.90. The van der Waals surface area contributed by atoms with Crippen LogP contribution in [0.15, 0.2) is 10.5 Å². The van der Waals surface area contributed by atoms with E-state index in [1.54, 1.807) is 0 Å². The van der Waals surface area contributed by atoms with Gasteiger partial charge in [0.2, 0.25) is 0 Å². The van der Waals surface area contributed by atoms with Gasteiger partial charge in [0.25, 0.3) is 0 Å². The van der Waals surface area contributed by atoms with Crippen LogP contribution in [0.3, 0.4) is 0 Å². The third-order valence-corrected chi connectivity index (χ3v) is 2.66. The van der Waals surface area contributed by atoms with Crippen LogP contribution in [0.4, 0.5) is 5.69 Å². The van der Waals surface area contributed by atoms with E-state index in [1.807, 2.05) is 19.9 Å². The Kier molecular flexibility index (Phi) is 2.52. The topological polar surface area (TPSA) is 43.1 Å². The van der Waals surface area contributed by atoms with Crippen molar-refractivity contribution in [2.24, 2.45) is 0 Å². The van der Waals surface area contributed by atoms with Gasteiger partial charge in [0.15, 0.2) is 6.29 Å². The molecule has 1 rings (SSSR count). The van der Waals surface area contributed by atoms with E-state index >= 15 is 0 Å². The van der Waals surface area contributed by atoms with Gasteiger partial charge in [-0.15, -0.1) is 0 Å². The molecule has 1 aromatic rings. The fourth-order valence-corrected chi connectivity index (χ4v) is 1.69. The summed E-state index contributed by atoms with van der Waals surface area (Å²) >= 11 is 3.28. The van der Waals surface area contributed by atoms with Gasteiger partial charge >= 0.3 is 0 Å². The van der Waals surface area contributed by atoms with Crippen molar-refractivity contribution in [3.8, 4) is 0 Å². The predicted molar refractivity (Wildman–Crippen MR) is 53.4 cm³/mol. The first kappa shape index (κ1) is 9.26. The molecule has 0 heterocycles. The molecule has 2 nitrogen and oxygen atoms in total. The van der Waals surface area contributed by atoms with Crippen molar-refractivity contribution < 1.29 is 4.79 Å². The van der Waals surface area contributed by atoms with E-state index in [0.29, 0.717) is 11.3 Å². The molecule has 2 N–H and O–H groups in total. The van der Waals surface area contributed by atoms with Gasteiger partial charge in [0, 0.05) is 10.2 Å². The number of aldehydes is 1. The highest BCUT2D eigenvalue weighted by Crippen LogP contribution is 2.27. The zero-order valence-electron chi connectivity index (χ0n) is 7.02. The quantitative estimate of drug-likeness (QED) is 0.592. The maximum Gasteiger partial charge on any atom is 0.153 e. The van der Waals surface area contributed by atoms with Crippen LogP contribution in [0.5, 0.6) is 0 Å². The summed E-state index contributed by atoms with van der Waals surface area (Å²) in [6.45, 7) is 3.87. The lowest BCUT2D eigenvalue weighted by Crippen LogP contribution is -1.99. The molecule has 0 aliphatic rings. The van der Waals surface area contributed by atoms with E-state index in [4.69, 9.17) is 5.73 Å². The number of nitrogen functional groups attached to an aromatic ring is 1. The molecule has 12 heavy (non-hydrogen) atoms. The van der Waals surface area contributed by atoms with Crippen LogP contribution in [0.2, 0.25) is 0 Å². The van der Waals surface area contributed by atoms with Crippen LogP contribution in [0, 0.1) is 13.8 Å². The number of carbonyl (C=O) groups is 1. The van der Waals surface area contributed by atoms with E-state index in [-0.39, 0.29) is 0 Å². The number of halogens is 1. The smallest absolute Gasteiger partial charge is 0.153 e. The molecule has 0 bridgehead atoms. The Bertz CT molecular complexity index is 334. The largest absolute Gasteiger partial charge is 0.398 e. The number of aryl methyl sites for hydroxylation is 1. The normalized spacial score (nSPS) is 9.92. The lowest BCUT2D eigenvalue weighted by Gasteiger charge is -2.08. The second kappa shape index (κ2) is 3.27. The van der Waals surface area contributed by atoms with Gasteiger partial charge in [-0.3, -0.25) is 4.79 Å². The monoisotopic (exact) mass is 227 g/mol. The Morgan fingerprint density at radius 1 is 1.50 bits per heavy atom. The molecule has 0 aliphatic carbocycles. The van der Waals surface area contributed by atoms with Crippen LogP contribution in [0.1, 0.15) is 21.5 Å². The third-order valence-electron chi connectivity index (χ3n) is 2.00. The second-order valence-electron chi connectivity index (χ2n) is 2.75. The van der Waals surface area contributed by atoms with Gasteiger partial charge < -0.3 is 5.73 Å². The molecule has 0 unspecified atom stereocenters. The lowest BCUT2D eigenvalue weighted by molar-refractivity contribution is 0.112. The molecule has 3 heteroatoms. The van der Waals surface area contributed by atoms with Crippen LogP contribution in [-0.2, 0) is 0 Å². The molecule has 0 amide bonds. The van der Waals surface area contributed by atoms with Gasteiger partial charge in [-0.2, -0.15) is 0 Å². The average molecular weight is 228 g/mol. The van der Waals surface area contributed by atoms with Crippen LogP contribution in [0.25, 0.3) is 0 Å². The van der Waals surface area contributed by atoms with Gasteiger partial charge in [-0.05, 0) is 47.0 Å². The molecule has 0 aromatic heterocycles. The van der Waals surface area contributed by atoms with Crippen molar-refractivity contribution in [1.29, 1.82) is 0 Å². The van der Waals surface area contributed by atoms with Crippen molar-refractivity contribution in [2.45, 2.75) is 13.8 Å². The highest BCUT2D eigenvalue weighted by atomic mass is 79.9. The van der Waals surface area contributed by atoms with E-state index in [2.05, 4.69) is 15.9 Å². The van der Waals surface area contributed by atoms with Gasteiger partial charge in [-0.25, -0.2) is 0 Å². The summed E-state index contributed by atoms with van der Waals surface area (Å²) in [4.78, 5) is 10.6. The van der Waals surface area contributed by atoms with Crippen molar-refractivity contribution in [3.05, 3.63) is 27.2 Å². The highest BCUT2D eigenvalue weighted by Gasteiger charge is 2.07. The molecule has 0 aliphatic heterocycles. The van der Waals surface area contributed by atoms with Crippen molar-refractivity contribution in [1.82, 2.24) is 0 Å². The summed E-state index contributed by atoms with van der Waals surface area (Å²) in [6.07, 6.45) is 0.770. The van der Waals surface area contributed by atoms with E-state index < -0.39 is 0 Å². The fraction of sp³-hybridized carbons (Fsp3) is 0.222. The number of hydrogen-bond donors (Lipinski definition) is 1. The van der Waals surface area contributed by atoms with Crippen LogP contribution >= 0.6 is 15.9 Å². The highest BCUT2D eigenvalue weighted by molar-refractivity contribution is 9.10. The summed E-state index contributed by atoms with van der Waals surface area (Å²) in [7, 11) is 0. The minimum atomic E-state index is 0.540. The van der Waals surface area contributed by atoms with Crippen molar-refractivity contribution >= 4 is 27.9 Å². The zero-order chi connectivity index (χ0) is 9.30. The first-order valence-corrected chi connectivity index (χ1v) is 4.37. The predicted octanol–water partition coefficient (Wildman–Crippen LogP) is 2.46. The standard InChI is InChI=1S/C9H10BrNO/c1-5-3-8(10)7(4-12)9(11)6(5)2/h3-4H,11H2,1-2H3. The molecule has 0 saturated heterocycles. The van der Waals surface area contributed by atoms with Crippen molar-refractivity contribution in [2.75, 3.05) is 5.73 Å². The Morgan fingerprint density at radius 3 is 2.58 bits per heavy atom. The molecule has 0 spiro atoms. The number of benzene rings is 1. The summed E-state index contributed by atoms with van der Waals surface area (Å²) < 4.78 is 0.762. The Labute approximate surface area is 79.9 Å². The van der Waals surface area contributed by atoms with Crippen molar-refractivity contribution in [3.63, 3.8) is 0 Å². The zero-order valence-corrected chi connectivity index (χ0v) is 8.60. The Hall–Kier alpha value is -0.830. The first-order chi connectivity index (χ1) is 5.57. The van der Waals surface area contributed by atoms with Gasteiger partial charge in [-0.1, -0.05) is 0 Å². The first-order valence-electron chi connectivity index (χ1n) is 3.58. The Balaban J connectivity index is 3.51. The van der Waals surface area contributed by atoms with Gasteiger partial charge in [0.1, 0.15) is 0 Å². The number of nitrogens with two attached hydrogens (primary N) is 1. The molecule has 64 valence electrons. The summed E-state index contributed by atoms with van der Waals surface area (Å²) in [5, 5.41) is 0. The van der Waals surface area contributed by atoms with Gasteiger partial charge in [0.05, 0.1) is 5.56 Å². The van der Waals surface area contributed by atoms with Crippen LogP contribution < -0.4 is 5.73 Å². The number of hydrogen-bond acceptors (Lipinski definition) is 2. The minimum absolute atomic E-state index is 0.540. The second-order valence-corrected chi connectivity index (χ2v) is 3.60. The Morgan fingerprint density at radius 2 is 2.08 bits per heavy atom. The maximum atomic E-state index is 10.6. The fourth-order valence-electron chi connectivity index (χ4n) is 1.04. The SMILES string of the molecule is Cc1cc(Br)c(C=O)c(N)c1C. The minimum Gasteiger partial charge on any atom is -0.398 e. The molecule has 0 fully saturated rings. The number of rotatable bonds is 1. The molecular formula is C9H10BrNO. The maximum absolute atomic E-state index is 10.6. The third kappa shape index (κ3) is 1.37. The van der Waals surface area contributed by atoms with E-state index in [9.17, 15) is 4.79 Å². The molecule has 0 radical (unpaired) electrons. The van der Waals surface area contributed by atoms with E-state index in [1.165, 1.54) is 0 Å². The molecule has 0 atom stereocenters. The number of anilines is 1. The lowest BCUT2D eigenvalue weighted by atomic mass is 10.0. The molecule has 0 saturated carbocycles. The molecule has 1 aromatic carbocycles. The number of carbonyl (C=O) groups excluding carboxylic acids is 1. The van der Waals surface area contributed by atoms with E-state index in [0.717, 1.165) is 21.9 Å². The summed E-state index contributed by atoms with van der Waals surface area (Å²) in [5.74, 6) is 0. The molecular weight excluding hydrogens is 218 g/mol. The summed E-state index contributed by atoms with van der Waals surface area (Å²) in [6, 6.07) is 1.90.